The van der Waals surface area contributed by atoms with Crippen molar-refractivity contribution in [3.63, 3.8) is 0 Å². The number of rotatable bonds is 6. The Morgan fingerprint density at radius 2 is 2.17 bits per heavy atom. The molecule has 8 nitrogen and oxygen atoms in total. The van der Waals surface area contributed by atoms with Crippen LogP contribution in [0.15, 0.2) is 18.5 Å². The Balaban J connectivity index is 1.63. The van der Waals surface area contributed by atoms with Gasteiger partial charge in [0.25, 0.3) is 0 Å². The number of H-pyrrole nitrogens is 1. The molecular formula is C13H15F3N6O2. The van der Waals surface area contributed by atoms with Gasteiger partial charge in [-0.15, -0.1) is 5.10 Å². The molecule has 0 saturated carbocycles. The molecule has 0 amide bonds. The highest BCUT2D eigenvalue weighted by atomic mass is 19.3. The predicted octanol–water partition coefficient (Wildman–Crippen LogP) is 1.62. The average Bonchev–Trinajstić information content (AvgIpc) is 2.96. The Morgan fingerprint density at radius 1 is 1.29 bits per heavy atom. The topological polar surface area (TPSA) is 97.0 Å². The van der Waals surface area contributed by atoms with E-state index in [1.54, 1.807) is 0 Å². The van der Waals surface area contributed by atoms with Gasteiger partial charge in [0, 0.05) is 12.6 Å². The number of nitrogens with zero attached hydrogens (tertiary/aromatic N) is 3. The summed E-state index contributed by atoms with van der Waals surface area (Å²) in [7, 11) is 0. The molecule has 0 radical (unpaired) electrons. The third-order valence-corrected chi connectivity index (χ3v) is 3.26. The van der Waals surface area contributed by atoms with Gasteiger partial charge in [0.2, 0.25) is 11.8 Å². The normalized spacial score (nSPS) is 20.8. The number of nitrogens with one attached hydrogen (secondary N) is 3. The van der Waals surface area contributed by atoms with Crippen LogP contribution in [0.4, 0.5) is 24.8 Å². The van der Waals surface area contributed by atoms with Crippen molar-refractivity contribution in [2.45, 2.75) is 25.3 Å². The van der Waals surface area contributed by atoms with Crippen LogP contribution in [0.2, 0.25) is 0 Å². The third-order valence-electron chi connectivity index (χ3n) is 3.26. The summed E-state index contributed by atoms with van der Waals surface area (Å²) in [5.74, 6) is 0.465. The molecule has 0 aromatic carbocycles. The van der Waals surface area contributed by atoms with E-state index in [1.165, 1.54) is 18.5 Å². The van der Waals surface area contributed by atoms with Crippen molar-refractivity contribution in [1.82, 2.24) is 25.5 Å². The predicted molar refractivity (Wildman–Crippen MR) is 77.3 cm³/mol. The first-order chi connectivity index (χ1) is 11.6. The van der Waals surface area contributed by atoms with E-state index in [0.717, 1.165) is 0 Å². The largest absolute Gasteiger partial charge is 0.470 e. The van der Waals surface area contributed by atoms with Crippen LogP contribution in [0.25, 0.3) is 0 Å². The summed E-state index contributed by atoms with van der Waals surface area (Å²) < 4.78 is 47.6. The van der Waals surface area contributed by atoms with Crippen molar-refractivity contribution in [1.29, 1.82) is 0 Å². The zero-order chi connectivity index (χ0) is 16.9. The van der Waals surface area contributed by atoms with Crippen molar-refractivity contribution < 1.29 is 22.6 Å². The number of anilines is 2. The van der Waals surface area contributed by atoms with Gasteiger partial charge >= 0.3 is 6.61 Å². The van der Waals surface area contributed by atoms with Crippen LogP contribution >= 0.6 is 0 Å². The van der Waals surface area contributed by atoms with E-state index in [2.05, 4.69) is 35.5 Å². The summed E-state index contributed by atoms with van der Waals surface area (Å²) in [4.78, 5) is 8.10. The van der Waals surface area contributed by atoms with Crippen LogP contribution in [0, 0.1) is 0 Å². The minimum atomic E-state index is -2.96. The highest BCUT2D eigenvalue weighted by Crippen LogP contribution is 2.21. The number of halogens is 3. The van der Waals surface area contributed by atoms with Gasteiger partial charge in [-0.1, -0.05) is 0 Å². The fraction of sp³-hybridized carbons (Fsp3) is 0.462. The Bertz CT molecular complexity index is 671. The second-order valence-electron chi connectivity index (χ2n) is 5.03. The van der Waals surface area contributed by atoms with Gasteiger partial charge in [0.05, 0.1) is 12.4 Å². The first-order valence-corrected chi connectivity index (χ1v) is 7.21. The number of aromatic amines is 1. The monoisotopic (exact) mass is 344 g/mol. The SMILES string of the molecule is FC(F)Oc1cc(Nc2cncc(O[C@@H]3CCNC[C@@H]3F)n2)[nH]n1. The van der Waals surface area contributed by atoms with E-state index in [0.29, 0.717) is 13.0 Å². The molecule has 3 rings (SSSR count). The smallest absolute Gasteiger partial charge is 0.388 e. The van der Waals surface area contributed by atoms with Gasteiger partial charge in [-0.3, -0.25) is 10.1 Å². The van der Waals surface area contributed by atoms with E-state index >= 15 is 0 Å². The zero-order valence-corrected chi connectivity index (χ0v) is 12.4. The van der Waals surface area contributed by atoms with Crippen molar-refractivity contribution in [3.8, 4) is 11.8 Å². The molecule has 0 bridgehead atoms. The molecule has 2 aromatic heterocycles. The highest BCUT2D eigenvalue weighted by Gasteiger charge is 2.26. The van der Waals surface area contributed by atoms with Gasteiger partial charge in [0.1, 0.15) is 18.1 Å². The molecule has 3 heterocycles. The van der Waals surface area contributed by atoms with Crippen LogP contribution in [0.5, 0.6) is 11.8 Å². The molecule has 0 spiro atoms. The minimum Gasteiger partial charge on any atom is -0.470 e. The van der Waals surface area contributed by atoms with Gasteiger partial charge in [0.15, 0.2) is 5.82 Å². The van der Waals surface area contributed by atoms with Crippen LogP contribution in [0.1, 0.15) is 6.42 Å². The number of piperidine rings is 1. The Hall–Kier alpha value is -2.56. The maximum absolute atomic E-state index is 13.7. The molecule has 3 N–H and O–H groups in total. The maximum atomic E-state index is 13.7. The fourth-order valence-corrected chi connectivity index (χ4v) is 2.21. The summed E-state index contributed by atoms with van der Waals surface area (Å²) in [6.07, 6.45) is 1.58. The number of aromatic nitrogens is 4. The van der Waals surface area contributed by atoms with Crippen LogP contribution < -0.4 is 20.1 Å². The summed E-state index contributed by atoms with van der Waals surface area (Å²) in [5, 5.41) is 11.7. The molecule has 0 aliphatic carbocycles. The summed E-state index contributed by atoms with van der Waals surface area (Å²) in [5.41, 5.74) is 0. The van der Waals surface area contributed by atoms with Crippen molar-refractivity contribution in [2.75, 3.05) is 18.4 Å². The molecule has 1 fully saturated rings. The minimum absolute atomic E-state index is 0.165. The maximum Gasteiger partial charge on any atom is 0.388 e. The van der Waals surface area contributed by atoms with E-state index in [1.807, 2.05) is 0 Å². The molecule has 0 unspecified atom stereocenters. The lowest BCUT2D eigenvalue weighted by Gasteiger charge is -2.26. The zero-order valence-electron chi connectivity index (χ0n) is 12.4. The fourth-order valence-electron chi connectivity index (χ4n) is 2.21. The van der Waals surface area contributed by atoms with Crippen molar-refractivity contribution in [2.24, 2.45) is 0 Å². The Labute approximate surface area is 134 Å². The van der Waals surface area contributed by atoms with Crippen molar-refractivity contribution >= 4 is 11.6 Å². The lowest BCUT2D eigenvalue weighted by molar-refractivity contribution is -0.0528. The molecule has 130 valence electrons. The van der Waals surface area contributed by atoms with Crippen molar-refractivity contribution in [3.05, 3.63) is 18.5 Å². The van der Waals surface area contributed by atoms with Gasteiger partial charge < -0.3 is 20.1 Å². The number of ether oxygens (including phenoxy) is 2. The number of hydrogen-bond donors (Lipinski definition) is 3. The van der Waals surface area contributed by atoms with Crippen LogP contribution in [-0.4, -0.2) is 52.1 Å². The first kappa shape index (κ1) is 16.3. The van der Waals surface area contributed by atoms with E-state index in [9.17, 15) is 13.2 Å². The molecular weight excluding hydrogens is 329 g/mol. The molecule has 1 aliphatic heterocycles. The van der Waals surface area contributed by atoms with Gasteiger partial charge in [-0.05, 0) is 13.0 Å². The second kappa shape index (κ2) is 7.34. The standard InChI is InChI=1S/C13H15F3N6O2/c14-7-4-17-2-1-8(7)23-12-6-18-5-10(20-12)19-9-3-11(22-21-9)24-13(15)16/h3,5-8,13,17H,1-2,4H2,(H2,19,20,21,22)/t7-,8+/m0/s1. The third kappa shape index (κ3) is 4.25. The summed E-state index contributed by atoms with van der Waals surface area (Å²) >= 11 is 0. The molecule has 2 aromatic rings. The second-order valence-corrected chi connectivity index (χ2v) is 5.03. The quantitative estimate of drug-likeness (QED) is 0.733. The van der Waals surface area contributed by atoms with Crippen LogP contribution in [0.3, 0.4) is 0 Å². The Morgan fingerprint density at radius 3 is 2.96 bits per heavy atom. The van der Waals surface area contributed by atoms with Gasteiger partial charge in [-0.2, -0.15) is 13.8 Å². The molecule has 2 atom stereocenters. The molecule has 1 aliphatic rings. The van der Waals surface area contributed by atoms with Gasteiger partial charge in [-0.25, -0.2) is 4.39 Å². The van der Waals surface area contributed by atoms with E-state index < -0.39 is 18.9 Å². The summed E-state index contributed by atoms with van der Waals surface area (Å²) in [6.45, 7) is -2.06. The average molecular weight is 344 g/mol. The molecule has 1 saturated heterocycles. The number of hydrogen-bond acceptors (Lipinski definition) is 7. The molecule has 24 heavy (non-hydrogen) atoms. The first-order valence-electron chi connectivity index (χ1n) is 7.21. The van der Waals surface area contributed by atoms with E-state index in [4.69, 9.17) is 4.74 Å². The summed E-state index contributed by atoms with van der Waals surface area (Å²) in [6, 6.07) is 1.24. The number of alkyl halides is 3. The van der Waals surface area contributed by atoms with Crippen LogP contribution in [-0.2, 0) is 0 Å². The lowest BCUT2D eigenvalue weighted by atomic mass is 10.1. The van der Waals surface area contributed by atoms with E-state index in [-0.39, 0.29) is 29.9 Å². The lowest BCUT2D eigenvalue weighted by Crippen LogP contribution is -2.44. The molecule has 11 heteroatoms. The highest BCUT2D eigenvalue weighted by molar-refractivity contribution is 5.51. The Kier molecular flexibility index (Phi) is 4.99.